The fourth-order valence-electron chi connectivity index (χ4n) is 3.78. The third-order valence-electron chi connectivity index (χ3n) is 5.36. The number of nitrogens with zero attached hydrogens (tertiary/aromatic N) is 3. The molecule has 4 aromatic rings. The summed E-state index contributed by atoms with van der Waals surface area (Å²) in [5.41, 5.74) is 2.04. The molecular weight excluding hydrogens is 408 g/mol. The molecular formula is C24H24N4O4. The van der Waals surface area contributed by atoms with E-state index in [4.69, 9.17) is 9.47 Å². The molecule has 0 saturated heterocycles. The van der Waals surface area contributed by atoms with Crippen molar-refractivity contribution in [1.82, 2.24) is 19.4 Å². The maximum Gasteiger partial charge on any atom is 0.340 e. The second-order valence-corrected chi connectivity index (χ2v) is 7.35. The Labute approximate surface area is 185 Å². The van der Waals surface area contributed by atoms with Crippen molar-refractivity contribution in [3.8, 4) is 5.75 Å². The van der Waals surface area contributed by atoms with Gasteiger partial charge in [0.25, 0.3) is 0 Å². The van der Waals surface area contributed by atoms with Crippen molar-refractivity contribution in [2.45, 2.75) is 12.6 Å². The van der Waals surface area contributed by atoms with Crippen LogP contribution in [0.5, 0.6) is 5.75 Å². The van der Waals surface area contributed by atoms with Crippen LogP contribution in [0, 0.1) is 0 Å². The van der Waals surface area contributed by atoms with E-state index in [1.807, 2.05) is 66.3 Å². The number of carbonyl (C=O) groups is 2. The molecule has 32 heavy (non-hydrogen) atoms. The number of fused-ring (bicyclic) bond motifs is 1. The minimum Gasteiger partial charge on any atom is -0.497 e. The van der Waals surface area contributed by atoms with Crippen LogP contribution in [0.2, 0.25) is 0 Å². The summed E-state index contributed by atoms with van der Waals surface area (Å²) in [6, 6.07) is 14.5. The molecule has 2 heterocycles. The standard InChI is InChI=1S/C24H24N4O4/c1-27-12-11-25-23(27)22(16-7-6-8-17(13-16)31-2)26-21(29)15-28-14-19(24(30)32-3)18-9-4-5-10-20(18)28/h4-14,22H,15H2,1-3H3,(H,26,29). The number of carbonyl (C=O) groups excluding carboxylic acids is 2. The van der Waals surface area contributed by atoms with E-state index in [1.165, 1.54) is 7.11 Å². The van der Waals surface area contributed by atoms with Crippen molar-refractivity contribution in [2.75, 3.05) is 14.2 Å². The van der Waals surface area contributed by atoms with Gasteiger partial charge < -0.3 is 23.9 Å². The molecule has 0 radical (unpaired) electrons. The molecule has 8 heteroatoms. The van der Waals surface area contributed by atoms with E-state index in [0.717, 1.165) is 16.5 Å². The van der Waals surface area contributed by atoms with Crippen LogP contribution in [0.4, 0.5) is 0 Å². The van der Waals surface area contributed by atoms with Crippen LogP contribution < -0.4 is 10.1 Å². The Bertz CT molecular complexity index is 1270. The van der Waals surface area contributed by atoms with Gasteiger partial charge in [-0.3, -0.25) is 4.79 Å². The molecule has 0 spiro atoms. The molecule has 0 fully saturated rings. The maximum atomic E-state index is 13.1. The Kier molecular flexibility index (Phi) is 5.93. The number of benzene rings is 2. The Morgan fingerprint density at radius 1 is 1.12 bits per heavy atom. The van der Waals surface area contributed by atoms with E-state index in [1.54, 1.807) is 24.1 Å². The van der Waals surface area contributed by atoms with E-state index in [9.17, 15) is 9.59 Å². The van der Waals surface area contributed by atoms with E-state index in [0.29, 0.717) is 17.1 Å². The number of ether oxygens (including phenoxy) is 2. The molecule has 8 nitrogen and oxygen atoms in total. The highest BCUT2D eigenvalue weighted by molar-refractivity contribution is 6.04. The summed E-state index contributed by atoms with van der Waals surface area (Å²) in [5, 5.41) is 3.82. The molecule has 164 valence electrons. The van der Waals surface area contributed by atoms with Crippen LogP contribution in [0.25, 0.3) is 10.9 Å². The zero-order chi connectivity index (χ0) is 22.7. The number of hydrogen-bond acceptors (Lipinski definition) is 5. The second kappa shape index (κ2) is 8.97. The number of hydrogen-bond donors (Lipinski definition) is 1. The van der Waals surface area contributed by atoms with Crippen LogP contribution >= 0.6 is 0 Å². The Balaban J connectivity index is 1.65. The number of amides is 1. The molecule has 1 unspecified atom stereocenters. The SMILES string of the molecule is COC(=O)c1cn(CC(=O)NC(c2cccc(OC)c2)c2nccn2C)c2ccccc12. The summed E-state index contributed by atoms with van der Waals surface area (Å²) in [5.74, 6) is 0.718. The van der Waals surface area contributed by atoms with Gasteiger partial charge in [0.05, 0.1) is 19.8 Å². The van der Waals surface area contributed by atoms with Gasteiger partial charge >= 0.3 is 5.97 Å². The number of imidazole rings is 1. The van der Waals surface area contributed by atoms with Crippen LogP contribution in [0.15, 0.2) is 67.1 Å². The molecule has 0 bridgehead atoms. The van der Waals surface area contributed by atoms with Crippen LogP contribution in [0.1, 0.15) is 27.8 Å². The number of aromatic nitrogens is 3. The molecule has 0 aliphatic rings. The van der Waals surface area contributed by atoms with Crippen LogP contribution in [0.3, 0.4) is 0 Å². The van der Waals surface area contributed by atoms with E-state index in [-0.39, 0.29) is 12.5 Å². The Hall–Kier alpha value is -4.07. The number of aryl methyl sites for hydroxylation is 1. The van der Waals surface area contributed by atoms with Crippen molar-refractivity contribution in [2.24, 2.45) is 7.05 Å². The Morgan fingerprint density at radius 3 is 2.66 bits per heavy atom. The number of nitrogens with one attached hydrogen (secondary N) is 1. The predicted molar refractivity (Wildman–Crippen MR) is 119 cm³/mol. The van der Waals surface area contributed by atoms with Crippen molar-refractivity contribution < 1.29 is 19.1 Å². The van der Waals surface area contributed by atoms with Gasteiger partial charge in [0.1, 0.15) is 24.2 Å². The molecule has 1 atom stereocenters. The number of esters is 1. The molecule has 0 saturated carbocycles. The third kappa shape index (κ3) is 4.07. The van der Waals surface area contributed by atoms with Gasteiger partial charge in [-0.2, -0.15) is 0 Å². The molecule has 2 aromatic heterocycles. The molecule has 0 aliphatic heterocycles. The molecule has 2 aromatic carbocycles. The molecule has 1 amide bonds. The van der Waals surface area contributed by atoms with Gasteiger partial charge in [-0.1, -0.05) is 30.3 Å². The summed E-state index contributed by atoms with van der Waals surface area (Å²) in [6.07, 6.45) is 5.17. The lowest BCUT2D eigenvalue weighted by molar-refractivity contribution is -0.122. The molecule has 4 rings (SSSR count). The monoisotopic (exact) mass is 432 g/mol. The highest BCUT2D eigenvalue weighted by atomic mass is 16.5. The van der Waals surface area contributed by atoms with Gasteiger partial charge in [0, 0.05) is 36.5 Å². The first-order valence-electron chi connectivity index (χ1n) is 10.1. The fourth-order valence-corrected chi connectivity index (χ4v) is 3.78. The highest BCUT2D eigenvalue weighted by Crippen LogP contribution is 2.25. The maximum absolute atomic E-state index is 13.1. The normalized spacial score (nSPS) is 11.8. The number of rotatable bonds is 7. The second-order valence-electron chi connectivity index (χ2n) is 7.35. The number of para-hydroxylation sites is 1. The summed E-state index contributed by atoms with van der Waals surface area (Å²) >= 11 is 0. The quantitative estimate of drug-likeness (QED) is 0.454. The fraction of sp³-hybridized carbons (Fsp3) is 0.208. The summed E-state index contributed by atoms with van der Waals surface area (Å²) < 4.78 is 13.9. The van der Waals surface area contributed by atoms with Gasteiger partial charge in [-0.05, 0) is 23.8 Å². The minimum atomic E-state index is -0.473. The van der Waals surface area contributed by atoms with E-state index in [2.05, 4.69) is 10.3 Å². The Morgan fingerprint density at radius 2 is 1.94 bits per heavy atom. The molecule has 0 aliphatic carbocycles. The van der Waals surface area contributed by atoms with Gasteiger partial charge in [0.15, 0.2) is 0 Å². The summed E-state index contributed by atoms with van der Waals surface area (Å²) in [7, 11) is 4.82. The lowest BCUT2D eigenvalue weighted by atomic mass is 10.1. The van der Waals surface area contributed by atoms with E-state index >= 15 is 0 Å². The highest BCUT2D eigenvalue weighted by Gasteiger charge is 2.23. The van der Waals surface area contributed by atoms with Crippen molar-refractivity contribution in [3.05, 3.63) is 84.1 Å². The van der Waals surface area contributed by atoms with Crippen molar-refractivity contribution in [3.63, 3.8) is 0 Å². The number of methoxy groups -OCH3 is 2. The van der Waals surface area contributed by atoms with Gasteiger partial charge in [-0.25, -0.2) is 9.78 Å². The first kappa shape index (κ1) is 21.2. The van der Waals surface area contributed by atoms with Gasteiger partial charge in [-0.15, -0.1) is 0 Å². The lowest BCUT2D eigenvalue weighted by Crippen LogP contribution is -2.33. The predicted octanol–water partition coefficient (Wildman–Crippen LogP) is 3.08. The first-order valence-corrected chi connectivity index (χ1v) is 10.1. The average Bonchev–Trinajstić information content (AvgIpc) is 3.40. The van der Waals surface area contributed by atoms with Gasteiger partial charge in [0.2, 0.25) is 5.91 Å². The van der Waals surface area contributed by atoms with Crippen molar-refractivity contribution in [1.29, 1.82) is 0 Å². The zero-order valence-corrected chi connectivity index (χ0v) is 18.1. The zero-order valence-electron chi connectivity index (χ0n) is 18.1. The smallest absolute Gasteiger partial charge is 0.340 e. The molecule has 1 N–H and O–H groups in total. The first-order chi connectivity index (χ1) is 15.5. The van der Waals surface area contributed by atoms with Crippen molar-refractivity contribution >= 4 is 22.8 Å². The average molecular weight is 432 g/mol. The third-order valence-corrected chi connectivity index (χ3v) is 5.36. The topological polar surface area (TPSA) is 87.4 Å². The van der Waals surface area contributed by atoms with Crippen LogP contribution in [-0.2, 0) is 23.1 Å². The largest absolute Gasteiger partial charge is 0.497 e. The minimum absolute atomic E-state index is 0.0302. The lowest BCUT2D eigenvalue weighted by Gasteiger charge is -2.20. The summed E-state index contributed by atoms with van der Waals surface area (Å²) in [4.78, 5) is 29.8. The van der Waals surface area contributed by atoms with E-state index < -0.39 is 12.0 Å². The summed E-state index contributed by atoms with van der Waals surface area (Å²) in [6.45, 7) is 0.0302. The van der Waals surface area contributed by atoms with Crippen LogP contribution in [-0.4, -0.2) is 40.2 Å².